The summed E-state index contributed by atoms with van der Waals surface area (Å²) in [7, 11) is 0. The van der Waals surface area contributed by atoms with Crippen molar-refractivity contribution in [3.05, 3.63) is 54.6 Å². The molecule has 0 amide bonds. The molecule has 0 aliphatic carbocycles. The van der Waals surface area contributed by atoms with E-state index in [-0.39, 0.29) is 0 Å². The number of hydrogen-bond acceptors (Lipinski definition) is 3. The predicted molar refractivity (Wildman–Crippen MR) is 114 cm³/mol. The standard InChI is InChI=1S/C21H32N2S2/c1-2-3-4-5-6-10-15-25-21(16-23-14-13-22-19-23)18-24-17-20-11-8-7-9-12-20/h7-9,11-14,19,21H,2-6,10,15-18H2,1H3. The zero-order valence-electron chi connectivity index (χ0n) is 15.5. The first-order chi connectivity index (χ1) is 12.4. The van der Waals surface area contributed by atoms with E-state index in [1.54, 1.807) is 0 Å². The van der Waals surface area contributed by atoms with Crippen LogP contribution < -0.4 is 0 Å². The third-order valence-electron chi connectivity index (χ3n) is 4.24. The number of benzene rings is 1. The maximum absolute atomic E-state index is 4.19. The van der Waals surface area contributed by atoms with Gasteiger partial charge in [0.1, 0.15) is 0 Å². The molecule has 2 nitrogen and oxygen atoms in total. The number of aromatic nitrogens is 2. The Morgan fingerprint density at radius 3 is 2.60 bits per heavy atom. The minimum atomic E-state index is 0.665. The van der Waals surface area contributed by atoms with E-state index in [4.69, 9.17) is 0 Å². The quantitative estimate of drug-likeness (QED) is 0.361. The Morgan fingerprint density at radius 1 is 1.04 bits per heavy atom. The molecule has 1 aromatic heterocycles. The second-order valence-corrected chi connectivity index (χ2v) is 8.96. The summed E-state index contributed by atoms with van der Waals surface area (Å²) >= 11 is 4.21. The molecule has 0 saturated carbocycles. The van der Waals surface area contributed by atoms with Crippen LogP contribution in [-0.2, 0) is 12.3 Å². The van der Waals surface area contributed by atoms with E-state index in [0.717, 1.165) is 12.3 Å². The van der Waals surface area contributed by atoms with E-state index in [1.165, 1.54) is 55.6 Å². The van der Waals surface area contributed by atoms with Gasteiger partial charge in [-0.15, -0.1) is 0 Å². The van der Waals surface area contributed by atoms with E-state index in [2.05, 4.69) is 76.5 Å². The molecule has 1 unspecified atom stereocenters. The Labute approximate surface area is 162 Å². The van der Waals surface area contributed by atoms with Gasteiger partial charge in [0, 0.05) is 35.7 Å². The fourth-order valence-corrected chi connectivity index (χ4v) is 5.37. The van der Waals surface area contributed by atoms with Crippen molar-refractivity contribution in [2.24, 2.45) is 0 Å². The smallest absolute Gasteiger partial charge is 0.0946 e. The summed E-state index contributed by atoms with van der Waals surface area (Å²) in [5, 5.41) is 0.665. The lowest BCUT2D eigenvalue weighted by molar-refractivity contribution is 0.626. The molecule has 2 aromatic rings. The molecule has 0 radical (unpaired) electrons. The van der Waals surface area contributed by atoms with Crippen LogP contribution in [0.25, 0.3) is 0 Å². The summed E-state index contributed by atoms with van der Waals surface area (Å²) < 4.78 is 2.22. The van der Waals surface area contributed by atoms with E-state index in [9.17, 15) is 0 Å². The predicted octanol–water partition coefficient (Wildman–Crippen LogP) is 6.28. The lowest BCUT2D eigenvalue weighted by Gasteiger charge is -2.17. The topological polar surface area (TPSA) is 17.8 Å². The van der Waals surface area contributed by atoms with Gasteiger partial charge in [-0.2, -0.15) is 23.5 Å². The Kier molecular flexibility index (Phi) is 10.9. The molecule has 4 heteroatoms. The second-order valence-electron chi connectivity index (χ2n) is 6.52. The number of nitrogens with zero attached hydrogens (tertiary/aromatic N) is 2. The first-order valence-electron chi connectivity index (χ1n) is 9.57. The number of unbranched alkanes of at least 4 members (excludes halogenated alkanes) is 5. The zero-order valence-corrected chi connectivity index (χ0v) is 17.1. The van der Waals surface area contributed by atoms with E-state index in [0.29, 0.717) is 5.25 Å². The summed E-state index contributed by atoms with van der Waals surface area (Å²) in [5.41, 5.74) is 1.43. The molecule has 0 fully saturated rings. The van der Waals surface area contributed by atoms with Crippen molar-refractivity contribution >= 4 is 23.5 Å². The molecule has 1 heterocycles. The van der Waals surface area contributed by atoms with Crippen LogP contribution in [0.15, 0.2) is 49.1 Å². The highest BCUT2D eigenvalue weighted by Crippen LogP contribution is 2.23. The maximum atomic E-state index is 4.19. The van der Waals surface area contributed by atoms with Crippen LogP contribution in [-0.4, -0.2) is 26.3 Å². The maximum Gasteiger partial charge on any atom is 0.0946 e. The van der Waals surface area contributed by atoms with E-state index >= 15 is 0 Å². The monoisotopic (exact) mass is 376 g/mol. The van der Waals surface area contributed by atoms with Crippen LogP contribution in [0, 0.1) is 0 Å². The van der Waals surface area contributed by atoms with Gasteiger partial charge in [-0.05, 0) is 17.7 Å². The summed E-state index contributed by atoms with van der Waals surface area (Å²) in [6.07, 6.45) is 14.2. The fraction of sp³-hybridized carbons (Fsp3) is 0.571. The highest BCUT2D eigenvalue weighted by Gasteiger charge is 2.10. The van der Waals surface area contributed by atoms with Crippen molar-refractivity contribution in [2.45, 2.75) is 63.0 Å². The van der Waals surface area contributed by atoms with Gasteiger partial charge in [0.15, 0.2) is 0 Å². The average molecular weight is 377 g/mol. The molecule has 0 saturated heterocycles. The van der Waals surface area contributed by atoms with Crippen LogP contribution in [0.4, 0.5) is 0 Å². The Hall–Kier alpha value is -0.870. The minimum absolute atomic E-state index is 0.665. The van der Waals surface area contributed by atoms with Gasteiger partial charge >= 0.3 is 0 Å². The molecule has 0 spiro atoms. The van der Waals surface area contributed by atoms with Gasteiger partial charge in [0.25, 0.3) is 0 Å². The third kappa shape index (κ3) is 9.41. The lowest BCUT2D eigenvalue weighted by Crippen LogP contribution is -2.15. The molecule has 25 heavy (non-hydrogen) atoms. The molecule has 1 aromatic carbocycles. The lowest BCUT2D eigenvalue weighted by atomic mass is 10.1. The average Bonchev–Trinajstić information content (AvgIpc) is 3.14. The molecule has 1 atom stereocenters. The van der Waals surface area contributed by atoms with Gasteiger partial charge in [-0.3, -0.25) is 0 Å². The summed E-state index contributed by atoms with van der Waals surface area (Å²) in [4.78, 5) is 4.19. The van der Waals surface area contributed by atoms with Gasteiger partial charge in [0.05, 0.1) is 6.33 Å². The fourth-order valence-electron chi connectivity index (χ4n) is 2.80. The molecule has 0 N–H and O–H groups in total. The largest absolute Gasteiger partial charge is 0.336 e. The molecule has 2 rings (SSSR count). The summed E-state index contributed by atoms with van der Waals surface area (Å²) in [6, 6.07) is 10.8. The van der Waals surface area contributed by atoms with E-state index in [1.807, 2.05) is 12.5 Å². The first kappa shape index (κ1) is 20.4. The van der Waals surface area contributed by atoms with Gasteiger partial charge in [-0.25, -0.2) is 4.98 Å². The summed E-state index contributed by atoms with van der Waals surface area (Å²) in [5.74, 6) is 3.60. The van der Waals surface area contributed by atoms with Crippen LogP contribution in [0.2, 0.25) is 0 Å². The highest BCUT2D eigenvalue weighted by atomic mass is 32.2. The van der Waals surface area contributed by atoms with Crippen LogP contribution >= 0.6 is 23.5 Å². The van der Waals surface area contributed by atoms with Crippen molar-refractivity contribution in [1.29, 1.82) is 0 Å². The van der Waals surface area contributed by atoms with Crippen LogP contribution in [0.1, 0.15) is 51.0 Å². The Balaban J connectivity index is 1.67. The molecule has 0 aliphatic heterocycles. The number of imidazole rings is 1. The molecule has 0 bridgehead atoms. The molecule has 0 aliphatic rings. The number of hydrogen-bond donors (Lipinski definition) is 0. The highest BCUT2D eigenvalue weighted by molar-refractivity contribution is 8.03. The van der Waals surface area contributed by atoms with Gasteiger partial charge < -0.3 is 4.57 Å². The van der Waals surface area contributed by atoms with Crippen molar-refractivity contribution in [3.8, 4) is 0 Å². The second kappa shape index (κ2) is 13.3. The van der Waals surface area contributed by atoms with Gasteiger partial charge in [0.2, 0.25) is 0 Å². The third-order valence-corrected chi connectivity index (χ3v) is 6.94. The van der Waals surface area contributed by atoms with E-state index < -0.39 is 0 Å². The van der Waals surface area contributed by atoms with Crippen molar-refractivity contribution in [3.63, 3.8) is 0 Å². The van der Waals surface area contributed by atoms with Crippen molar-refractivity contribution in [2.75, 3.05) is 11.5 Å². The molecular formula is C21H32N2S2. The first-order valence-corrected chi connectivity index (χ1v) is 11.8. The normalized spacial score (nSPS) is 12.4. The summed E-state index contributed by atoms with van der Waals surface area (Å²) in [6.45, 7) is 3.35. The van der Waals surface area contributed by atoms with Gasteiger partial charge in [-0.1, -0.05) is 69.4 Å². The molecule has 138 valence electrons. The van der Waals surface area contributed by atoms with Crippen molar-refractivity contribution in [1.82, 2.24) is 9.55 Å². The minimum Gasteiger partial charge on any atom is -0.336 e. The number of thioether (sulfide) groups is 2. The SMILES string of the molecule is CCCCCCCCSC(CSCc1ccccc1)Cn1ccnc1. The van der Waals surface area contributed by atoms with Crippen molar-refractivity contribution < 1.29 is 0 Å². The van der Waals surface area contributed by atoms with Crippen LogP contribution in [0.3, 0.4) is 0 Å². The van der Waals surface area contributed by atoms with Crippen LogP contribution in [0.5, 0.6) is 0 Å². The molecular weight excluding hydrogens is 344 g/mol. The Bertz CT molecular complexity index is 528. The number of rotatable bonds is 14. The Morgan fingerprint density at radius 2 is 1.84 bits per heavy atom. The zero-order chi connectivity index (χ0) is 17.6.